The minimum absolute atomic E-state index is 0.0191. The highest BCUT2D eigenvalue weighted by atomic mass is 16.6. The zero-order chi connectivity index (χ0) is 17.5. The number of carbonyl (C=O) groups excluding carboxylic acids is 1. The SMILES string of the molecule is CC(C)(C)OC(=O)C1CC(N2Cc3ccc(C(N)=NO)cc3C2)C1. The van der Waals surface area contributed by atoms with E-state index in [1.165, 1.54) is 11.1 Å². The molecule has 1 aliphatic carbocycles. The maximum absolute atomic E-state index is 12.1. The van der Waals surface area contributed by atoms with Crippen LogP contribution in [0.25, 0.3) is 0 Å². The van der Waals surface area contributed by atoms with Crippen LogP contribution in [0.15, 0.2) is 23.4 Å². The number of esters is 1. The highest BCUT2D eigenvalue weighted by Crippen LogP contribution is 2.38. The van der Waals surface area contributed by atoms with Crippen LogP contribution in [-0.2, 0) is 22.6 Å². The third kappa shape index (κ3) is 3.38. The van der Waals surface area contributed by atoms with Gasteiger partial charge in [0.2, 0.25) is 0 Å². The van der Waals surface area contributed by atoms with Gasteiger partial charge in [-0.05, 0) is 50.8 Å². The first-order valence-electron chi connectivity index (χ1n) is 8.33. The minimum Gasteiger partial charge on any atom is -0.460 e. The topological polar surface area (TPSA) is 88.2 Å². The first-order valence-corrected chi connectivity index (χ1v) is 8.33. The molecule has 1 aliphatic heterocycles. The molecule has 24 heavy (non-hydrogen) atoms. The summed E-state index contributed by atoms with van der Waals surface area (Å²) in [4.78, 5) is 14.5. The van der Waals surface area contributed by atoms with Gasteiger partial charge in [0.05, 0.1) is 5.92 Å². The van der Waals surface area contributed by atoms with Gasteiger partial charge in [-0.2, -0.15) is 0 Å². The van der Waals surface area contributed by atoms with Gasteiger partial charge in [0.15, 0.2) is 5.84 Å². The van der Waals surface area contributed by atoms with Crippen LogP contribution in [0.1, 0.15) is 50.3 Å². The van der Waals surface area contributed by atoms with Crippen molar-refractivity contribution in [1.82, 2.24) is 4.90 Å². The molecule has 6 heteroatoms. The number of hydrogen-bond donors (Lipinski definition) is 2. The number of amidine groups is 1. The average molecular weight is 331 g/mol. The zero-order valence-corrected chi connectivity index (χ0v) is 14.5. The van der Waals surface area contributed by atoms with E-state index in [0.717, 1.165) is 31.5 Å². The van der Waals surface area contributed by atoms with Crippen LogP contribution in [0.2, 0.25) is 0 Å². The fourth-order valence-corrected chi connectivity index (χ4v) is 3.36. The Morgan fingerprint density at radius 2 is 1.96 bits per heavy atom. The van der Waals surface area contributed by atoms with Crippen LogP contribution in [0, 0.1) is 5.92 Å². The normalized spacial score (nSPS) is 24.4. The van der Waals surface area contributed by atoms with Crippen LogP contribution in [-0.4, -0.2) is 33.6 Å². The summed E-state index contributed by atoms with van der Waals surface area (Å²) in [5, 5.41) is 11.8. The summed E-state index contributed by atoms with van der Waals surface area (Å²) in [7, 11) is 0. The lowest BCUT2D eigenvalue weighted by Crippen LogP contribution is -2.46. The molecule has 3 N–H and O–H groups in total. The molecule has 2 aliphatic rings. The van der Waals surface area contributed by atoms with Crippen molar-refractivity contribution in [2.45, 2.75) is 58.3 Å². The lowest BCUT2D eigenvalue weighted by molar-refractivity contribution is -0.165. The average Bonchev–Trinajstić information content (AvgIpc) is 2.85. The zero-order valence-electron chi connectivity index (χ0n) is 14.5. The lowest BCUT2D eigenvalue weighted by Gasteiger charge is -2.40. The summed E-state index contributed by atoms with van der Waals surface area (Å²) < 4.78 is 5.46. The van der Waals surface area contributed by atoms with E-state index in [1.807, 2.05) is 39.0 Å². The Morgan fingerprint density at radius 3 is 2.58 bits per heavy atom. The number of ether oxygens (including phenoxy) is 1. The summed E-state index contributed by atoms with van der Waals surface area (Å²) >= 11 is 0. The van der Waals surface area contributed by atoms with E-state index in [2.05, 4.69) is 10.1 Å². The summed E-state index contributed by atoms with van der Waals surface area (Å²) in [5.41, 5.74) is 8.45. The van der Waals surface area contributed by atoms with Gasteiger partial charge in [-0.15, -0.1) is 0 Å². The Kier molecular flexibility index (Phi) is 4.25. The molecule has 0 radical (unpaired) electrons. The predicted octanol–water partition coefficient (Wildman–Crippen LogP) is 2.22. The van der Waals surface area contributed by atoms with E-state index in [-0.39, 0.29) is 17.7 Å². The van der Waals surface area contributed by atoms with E-state index in [9.17, 15) is 4.79 Å². The number of fused-ring (bicyclic) bond motifs is 1. The van der Waals surface area contributed by atoms with Gasteiger partial charge in [-0.25, -0.2) is 0 Å². The van der Waals surface area contributed by atoms with E-state index in [4.69, 9.17) is 15.7 Å². The summed E-state index contributed by atoms with van der Waals surface area (Å²) in [6.45, 7) is 7.43. The van der Waals surface area contributed by atoms with Gasteiger partial charge < -0.3 is 15.7 Å². The fourth-order valence-electron chi connectivity index (χ4n) is 3.36. The van der Waals surface area contributed by atoms with Crippen molar-refractivity contribution < 1.29 is 14.7 Å². The Bertz CT molecular complexity index is 673. The summed E-state index contributed by atoms with van der Waals surface area (Å²) in [6, 6.07) is 6.31. The Balaban J connectivity index is 1.57. The second-order valence-electron chi connectivity index (χ2n) is 7.73. The molecular formula is C18H25N3O3. The van der Waals surface area contributed by atoms with Crippen molar-refractivity contribution >= 4 is 11.8 Å². The van der Waals surface area contributed by atoms with E-state index in [1.54, 1.807) is 0 Å². The largest absolute Gasteiger partial charge is 0.460 e. The maximum atomic E-state index is 12.1. The van der Waals surface area contributed by atoms with Gasteiger partial charge in [0.25, 0.3) is 0 Å². The second kappa shape index (κ2) is 6.09. The molecule has 0 amide bonds. The summed E-state index contributed by atoms with van der Waals surface area (Å²) in [5.74, 6) is 0.0697. The highest BCUT2D eigenvalue weighted by molar-refractivity contribution is 5.97. The van der Waals surface area contributed by atoms with Gasteiger partial charge in [0, 0.05) is 24.7 Å². The van der Waals surface area contributed by atoms with Crippen LogP contribution in [0.3, 0.4) is 0 Å². The van der Waals surface area contributed by atoms with Crippen LogP contribution < -0.4 is 5.73 Å². The van der Waals surface area contributed by atoms with Crippen molar-refractivity contribution in [2.24, 2.45) is 16.8 Å². The van der Waals surface area contributed by atoms with Crippen molar-refractivity contribution in [3.05, 3.63) is 34.9 Å². The van der Waals surface area contributed by atoms with Gasteiger partial charge in [0.1, 0.15) is 5.60 Å². The summed E-state index contributed by atoms with van der Waals surface area (Å²) in [6.07, 6.45) is 1.71. The standard InChI is InChI=1S/C18H25N3O3/c1-18(2,3)24-17(22)13-7-15(8-13)21-9-12-5-4-11(16(19)20-23)6-14(12)10-21/h4-6,13,15,23H,7-10H2,1-3H3,(H2,19,20). The third-order valence-corrected chi connectivity index (χ3v) is 4.73. The maximum Gasteiger partial charge on any atom is 0.309 e. The van der Waals surface area contributed by atoms with E-state index in [0.29, 0.717) is 6.04 Å². The Labute approximate surface area is 142 Å². The Hall–Kier alpha value is -2.08. The molecule has 1 fully saturated rings. The molecule has 130 valence electrons. The quantitative estimate of drug-likeness (QED) is 0.291. The van der Waals surface area contributed by atoms with Crippen molar-refractivity contribution in [3.63, 3.8) is 0 Å². The number of hydrogen-bond acceptors (Lipinski definition) is 5. The molecule has 6 nitrogen and oxygen atoms in total. The molecule has 0 saturated heterocycles. The lowest BCUT2D eigenvalue weighted by atomic mass is 9.79. The van der Waals surface area contributed by atoms with E-state index < -0.39 is 5.60 Å². The second-order valence-corrected chi connectivity index (χ2v) is 7.73. The number of benzene rings is 1. The number of nitrogens with two attached hydrogens (primary N) is 1. The fraction of sp³-hybridized carbons (Fsp3) is 0.556. The number of oxime groups is 1. The molecular weight excluding hydrogens is 306 g/mol. The van der Waals surface area contributed by atoms with Crippen molar-refractivity contribution in [3.8, 4) is 0 Å². The molecule has 0 atom stereocenters. The minimum atomic E-state index is -0.420. The number of nitrogens with zero attached hydrogens (tertiary/aromatic N) is 2. The molecule has 3 rings (SSSR count). The smallest absolute Gasteiger partial charge is 0.309 e. The molecule has 1 aromatic carbocycles. The Morgan fingerprint density at radius 1 is 1.29 bits per heavy atom. The van der Waals surface area contributed by atoms with Gasteiger partial charge in [-0.3, -0.25) is 9.69 Å². The molecule has 0 aromatic heterocycles. The monoisotopic (exact) mass is 331 g/mol. The number of carbonyl (C=O) groups is 1. The number of rotatable bonds is 3. The van der Waals surface area contributed by atoms with Crippen molar-refractivity contribution in [2.75, 3.05) is 0 Å². The first-order chi connectivity index (χ1) is 11.3. The van der Waals surface area contributed by atoms with Crippen molar-refractivity contribution in [1.29, 1.82) is 0 Å². The molecule has 1 saturated carbocycles. The molecule has 1 heterocycles. The van der Waals surface area contributed by atoms with Crippen LogP contribution >= 0.6 is 0 Å². The van der Waals surface area contributed by atoms with Gasteiger partial charge in [-0.1, -0.05) is 17.3 Å². The van der Waals surface area contributed by atoms with Crippen LogP contribution in [0.4, 0.5) is 0 Å². The molecule has 0 bridgehead atoms. The molecule has 1 aromatic rings. The van der Waals surface area contributed by atoms with E-state index >= 15 is 0 Å². The van der Waals surface area contributed by atoms with Crippen LogP contribution in [0.5, 0.6) is 0 Å². The third-order valence-electron chi connectivity index (χ3n) is 4.73. The molecule has 0 unspecified atom stereocenters. The molecule has 0 spiro atoms. The highest BCUT2D eigenvalue weighted by Gasteiger charge is 2.41. The predicted molar refractivity (Wildman–Crippen MR) is 90.6 cm³/mol. The first kappa shape index (κ1) is 16.8. The van der Waals surface area contributed by atoms with Gasteiger partial charge >= 0.3 is 5.97 Å².